The average Bonchev–Trinajstić information content (AvgIpc) is 2.63. The van der Waals surface area contributed by atoms with Crippen LogP contribution in [0.15, 0.2) is 40.2 Å². The smallest absolute Gasteiger partial charge is 0.282 e. The molecule has 134 valence electrons. The number of hydrogen-bond donors (Lipinski definition) is 2. The third-order valence-electron chi connectivity index (χ3n) is 3.84. The minimum atomic E-state index is -0.368. The molecule has 0 unspecified atom stereocenters. The fourth-order valence-electron chi connectivity index (χ4n) is 2.50. The van der Waals surface area contributed by atoms with Crippen molar-refractivity contribution < 1.29 is 19.7 Å². The number of fused-ring (bicyclic) bond motifs is 1. The summed E-state index contributed by atoms with van der Waals surface area (Å²) in [5.74, 6) is 0.776. The van der Waals surface area contributed by atoms with Crippen LogP contribution in [-0.4, -0.2) is 40.3 Å². The molecule has 0 atom stereocenters. The van der Waals surface area contributed by atoms with Gasteiger partial charge in [-0.25, -0.2) is 4.98 Å². The molecule has 0 radical (unpaired) electrons. The number of aryl methyl sites for hydroxylation is 1. The second-order valence-electron chi connectivity index (χ2n) is 5.49. The van der Waals surface area contributed by atoms with Gasteiger partial charge >= 0.3 is 0 Å². The number of phenolic OH excluding ortho intramolecular Hbond substituents is 2. The van der Waals surface area contributed by atoms with Gasteiger partial charge in [0.05, 0.1) is 31.3 Å². The zero-order valence-electron chi connectivity index (χ0n) is 14.4. The molecule has 0 spiro atoms. The van der Waals surface area contributed by atoms with Crippen molar-refractivity contribution in [3.8, 4) is 23.0 Å². The first-order valence-corrected chi connectivity index (χ1v) is 7.66. The van der Waals surface area contributed by atoms with E-state index in [0.717, 1.165) is 4.68 Å². The van der Waals surface area contributed by atoms with E-state index in [1.54, 1.807) is 25.1 Å². The van der Waals surface area contributed by atoms with Crippen molar-refractivity contribution in [2.75, 3.05) is 14.2 Å². The number of nitrogens with zero attached hydrogens (tertiary/aromatic N) is 3. The molecule has 1 heterocycles. The van der Waals surface area contributed by atoms with Crippen LogP contribution in [0.3, 0.4) is 0 Å². The molecule has 2 aromatic carbocycles. The van der Waals surface area contributed by atoms with E-state index >= 15 is 0 Å². The lowest BCUT2D eigenvalue weighted by Gasteiger charge is -2.10. The molecule has 0 amide bonds. The Hall–Kier alpha value is -3.55. The first-order valence-electron chi connectivity index (χ1n) is 7.66. The number of rotatable bonds is 4. The number of benzene rings is 2. The summed E-state index contributed by atoms with van der Waals surface area (Å²) in [5.41, 5.74) is 0.616. The maximum absolute atomic E-state index is 12.8. The van der Waals surface area contributed by atoms with Crippen LogP contribution in [0, 0.1) is 6.92 Å². The molecule has 0 aliphatic heterocycles. The van der Waals surface area contributed by atoms with E-state index < -0.39 is 0 Å². The van der Waals surface area contributed by atoms with E-state index in [4.69, 9.17) is 9.47 Å². The summed E-state index contributed by atoms with van der Waals surface area (Å²) in [4.78, 5) is 17.2. The Morgan fingerprint density at radius 2 is 1.77 bits per heavy atom. The average molecular weight is 355 g/mol. The molecule has 0 aliphatic rings. The minimum Gasteiger partial charge on any atom is -0.504 e. The van der Waals surface area contributed by atoms with Crippen molar-refractivity contribution >= 4 is 17.1 Å². The largest absolute Gasteiger partial charge is 0.504 e. The van der Waals surface area contributed by atoms with E-state index in [1.165, 1.54) is 32.6 Å². The molecule has 8 heteroatoms. The van der Waals surface area contributed by atoms with Crippen molar-refractivity contribution in [2.45, 2.75) is 6.92 Å². The van der Waals surface area contributed by atoms with E-state index in [9.17, 15) is 15.0 Å². The quantitative estimate of drug-likeness (QED) is 0.548. The van der Waals surface area contributed by atoms with Gasteiger partial charge in [0.15, 0.2) is 23.0 Å². The summed E-state index contributed by atoms with van der Waals surface area (Å²) in [5, 5.41) is 23.4. The zero-order valence-corrected chi connectivity index (χ0v) is 14.4. The molecule has 3 rings (SSSR count). The molecular weight excluding hydrogens is 338 g/mol. The number of aromatic hydroxyl groups is 2. The first kappa shape index (κ1) is 17.3. The molecule has 3 aromatic rings. The highest BCUT2D eigenvalue weighted by atomic mass is 16.5. The molecule has 0 fully saturated rings. The SMILES string of the molecule is COc1cc2nc(C)n(N=Cc3ccc(O)c(O)c3)c(=O)c2cc1OC. The molecule has 26 heavy (non-hydrogen) atoms. The lowest BCUT2D eigenvalue weighted by Crippen LogP contribution is -2.20. The van der Waals surface area contributed by atoms with Gasteiger partial charge in [-0.1, -0.05) is 0 Å². The second-order valence-corrected chi connectivity index (χ2v) is 5.49. The number of hydrogen-bond acceptors (Lipinski definition) is 7. The molecule has 0 bridgehead atoms. The highest BCUT2D eigenvalue weighted by molar-refractivity contribution is 5.83. The monoisotopic (exact) mass is 355 g/mol. The standard InChI is InChI=1S/C18H17N3O5/c1-10-20-13-8-17(26-3)16(25-2)7-12(13)18(24)21(10)19-9-11-4-5-14(22)15(23)6-11/h4-9,22-23H,1-3H3. The van der Waals surface area contributed by atoms with Gasteiger partial charge in [-0.3, -0.25) is 4.79 Å². The van der Waals surface area contributed by atoms with Gasteiger partial charge in [0.2, 0.25) is 0 Å². The molecular formula is C18H17N3O5. The van der Waals surface area contributed by atoms with E-state index in [1.807, 2.05) is 0 Å². The predicted octanol–water partition coefficient (Wildman–Crippen LogP) is 2.02. The lowest BCUT2D eigenvalue weighted by atomic mass is 10.2. The summed E-state index contributed by atoms with van der Waals surface area (Å²) in [6.45, 7) is 1.66. The number of ether oxygens (including phenoxy) is 2. The Kier molecular flexibility index (Phi) is 4.49. The van der Waals surface area contributed by atoms with Crippen molar-refractivity contribution in [2.24, 2.45) is 5.10 Å². The Labute approximate surface area is 148 Å². The van der Waals surface area contributed by atoms with Crippen LogP contribution >= 0.6 is 0 Å². The third kappa shape index (κ3) is 3.04. The van der Waals surface area contributed by atoms with E-state index in [-0.39, 0.29) is 17.1 Å². The zero-order chi connectivity index (χ0) is 18.8. The molecule has 1 aromatic heterocycles. The molecule has 2 N–H and O–H groups in total. The molecule has 0 saturated heterocycles. The van der Waals surface area contributed by atoms with Crippen LogP contribution in [0.1, 0.15) is 11.4 Å². The maximum Gasteiger partial charge on any atom is 0.282 e. The normalized spacial score (nSPS) is 11.2. The van der Waals surface area contributed by atoms with Crippen LogP contribution in [0.2, 0.25) is 0 Å². The van der Waals surface area contributed by atoms with Gasteiger partial charge in [0, 0.05) is 6.07 Å². The van der Waals surface area contributed by atoms with Crippen LogP contribution in [-0.2, 0) is 0 Å². The first-order chi connectivity index (χ1) is 12.4. The van der Waals surface area contributed by atoms with Gasteiger partial charge in [-0.05, 0) is 36.8 Å². The summed E-state index contributed by atoms with van der Waals surface area (Å²) < 4.78 is 11.6. The van der Waals surface area contributed by atoms with Gasteiger partial charge in [-0.15, -0.1) is 0 Å². The Balaban J connectivity index is 2.12. The predicted molar refractivity (Wildman–Crippen MR) is 96.6 cm³/mol. The third-order valence-corrected chi connectivity index (χ3v) is 3.84. The van der Waals surface area contributed by atoms with Gasteiger partial charge in [-0.2, -0.15) is 9.78 Å². The van der Waals surface area contributed by atoms with Crippen LogP contribution in [0.4, 0.5) is 0 Å². The van der Waals surface area contributed by atoms with Crippen molar-refractivity contribution in [3.05, 3.63) is 52.1 Å². The van der Waals surface area contributed by atoms with Gasteiger partial charge in [0.1, 0.15) is 5.82 Å². The fourth-order valence-corrected chi connectivity index (χ4v) is 2.50. The topological polar surface area (TPSA) is 106 Å². The Bertz CT molecular complexity index is 1070. The highest BCUT2D eigenvalue weighted by Gasteiger charge is 2.13. The summed E-state index contributed by atoms with van der Waals surface area (Å²) in [6, 6.07) is 7.42. The maximum atomic E-state index is 12.8. The highest BCUT2D eigenvalue weighted by Crippen LogP contribution is 2.30. The number of phenols is 2. The molecule has 0 aliphatic carbocycles. The Morgan fingerprint density at radius 1 is 1.08 bits per heavy atom. The van der Waals surface area contributed by atoms with Gasteiger partial charge < -0.3 is 19.7 Å². The van der Waals surface area contributed by atoms with E-state index in [0.29, 0.717) is 33.8 Å². The number of methoxy groups -OCH3 is 2. The van der Waals surface area contributed by atoms with Crippen LogP contribution < -0.4 is 15.0 Å². The Morgan fingerprint density at radius 3 is 2.42 bits per heavy atom. The molecule has 8 nitrogen and oxygen atoms in total. The minimum absolute atomic E-state index is 0.232. The second kappa shape index (κ2) is 6.75. The van der Waals surface area contributed by atoms with Gasteiger partial charge in [0.25, 0.3) is 5.56 Å². The summed E-state index contributed by atoms with van der Waals surface area (Å²) in [6.07, 6.45) is 1.39. The number of aromatic nitrogens is 2. The molecule has 0 saturated carbocycles. The van der Waals surface area contributed by atoms with Crippen molar-refractivity contribution in [3.63, 3.8) is 0 Å². The summed E-state index contributed by atoms with van der Waals surface area (Å²) >= 11 is 0. The lowest BCUT2D eigenvalue weighted by molar-refractivity contribution is 0.355. The van der Waals surface area contributed by atoms with Crippen molar-refractivity contribution in [1.82, 2.24) is 9.66 Å². The fraction of sp³-hybridized carbons (Fsp3) is 0.167. The van der Waals surface area contributed by atoms with Crippen LogP contribution in [0.5, 0.6) is 23.0 Å². The van der Waals surface area contributed by atoms with E-state index in [2.05, 4.69) is 10.1 Å². The summed E-state index contributed by atoms with van der Waals surface area (Å²) in [7, 11) is 2.99. The van der Waals surface area contributed by atoms with Crippen LogP contribution in [0.25, 0.3) is 10.9 Å². The van der Waals surface area contributed by atoms with Crippen molar-refractivity contribution in [1.29, 1.82) is 0 Å².